The molecule has 1 N–H and O–H groups in total. The highest BCUT2D eigenvalue weighted by atomic mass is 19.3. The van der Waals surface area contributed by atoms with Gasteiger partial charge < -0.3 is 5.11 Å². The number of nitrogens with zero attached hydrogens (tertiary/aromatic N) is 1. The molecule has 1 fully saturated rings. The summed E-state index contributed by atoms with van der Waals surface area (Å²) in [5.41, 5.74) is 0. The average Bonchev–Trinajstić information content (AvgIpc) is 2.23. The van der Waals surface area contributed by atoms with E-state index in [2.05, 4.69) is 0 Å². The van der Waals surface area contributed by atoms with E-state index in [4.69, 9.17) is 5.11 Å². The van der Waals surface area contributed by atoms with Crippen LogP contribution in [0.2, 0.25) is 0 Å². The monoisotopic (exact) mass is 179 g/mol. The minimum atomic E-state index is -2.57. The summed E-state index contributed by atoms with van der Waals surface area (Å²) in [4.78, 5) is 1.63. The van der Waals surface area contributed by atoms with Crippen molar-refractivity contribution in [2.45, 2.75) is 25.3 Å². The van der Waals surface area contributed by atoms with E-state index in [1.165, 1.54) is 0 Å². The molecular weight excluding hydrogens is 164 g/mol. The topological polar surface area (TPSA) is 23.5 Å². The first-order valence-corrected chi connectivity index (χ1v) is 4.15. The molecule has 1 saturated heterocycles. The van der Waals surface area contributed by atoms with Crippen LogP contribution in [-0.4, -0.2) is 42.2 Å². The van der Waals surface area contributed by atoms with Crippen molar-refractivity contribution in [3.63, 3.8) is 0 Å². The zero-order valence-corrected chi connectivity index (χ0v) is 7.43. The van der Waals surface area contributed by atoms with E-state index < -0.39 is 5.92 Å². The lowest BCUT2D eigenvalue weighted by molar-refractivity contribution is 0.0134. The van der Waals surface area contributed by atoms with Crippen molar-refractivity contribution in [3.05, 3.63) is 0 Å². The van der Waals surface area contributed by atoms with Gasteiger partial charge in [-0.05, 0) is 13.0 Å². The molecule has 0 saturated carbocycles. The summed E-state index contributed by atoms with van der Waals surface area (Å²) in [6, 6.07) is -0.176. The Hall–Kier alpha value is -0.220. The maximum Gasteiger partial charge on any atom is 0.262 e. The van der Waals surface area contributed by atoms with E-state index in [0.29, 0.717) is 0 Å². The van der Waals surface area contributed by atoms with Gasteiger partial charge in [0.15, 0.2) is 0 Å². The Bertz CT molecular complexity index is 163. The number of alkyl halides is 2. The first-order valence-electron chi connectivity index (χ1n) is 4.15. The molecular formula is C8H15F2NO. The Morgan fingerprint density at radius 3 is 2.58 bits per heavy atom. The Morgan fingerprint density at radius 2 is 2.25 bits per heavy atom. The second-order valence-corrected chi connectivity index (χ2v) is 3.70. The molecule has 1 unspecified atom stereocenters. The number of aliphatic hydroxyl groups is 1. The average molecular weight is 179 g/mol. The van der Waals surface area contributed by atoms with Crippen LogP contribution in [0.3, 0.4) is 0 Å². The van der Waals surface area contributed by atoms with Crippen molar-refractivity contribution in [1.29, 1.82) is 0 Å². The maximum atomic E-state index is 12.8. The molecule has 0 amide bonds. The van der Waals surface area contributed by atoms with Gasteiger partial charge >= 0.3 is 0 Å². The SMILES string of the molecule is CC(CO)[C@@H]1CC(F)(F)CN1C. The lowest BCUT2D eigenvalue weighted by atomic mass is 10.0. The number of hydrogen-bond donors (Lipinski definition) is 1. The van der Waals surface area contributed by atoms with Gasteiger partial charge in [0.2, 0.25) is 0 Å². The first-order chi connectivity index (χ1) is 5.46. The predicted octanol–water partition coefficient (Wildman–Crippen LogP) is 0.954. The van der Waals surface area contributed by atoms with Crippen LogP contribution >= 0.6 is 0 Å². The van der Waals surface area contributed by atoms with Gasteiger partial charge in [-0.25, -0.2) is 8.78 Å². The Morgan fingerprint density at radius 1 is 1.67 bits per heavy atom. The van der Waals surface area contributed by atoms with E-state index in [0.717, 1.165) is 0 Å². The van der Waals surface area contributed by atoms with Crippen molar-refractivity contribution in [2.75, 3.05) is 20.2 Å². The number of halogens is 2. The third-order valence-corrected chi connectivity index (χ3v) is 2.50. The molecule has 0 aromatic rings. The molecule has 0 radical (unpaired) electrons. The van der Waals surface area contributed by atoms with Crippen LogP contribution in [0.15, 0.2) is 0 Å². The number of hydrogen-bond acceptors (Lipinski definition) is 2. The fourth-order valence-electron chi connectivity index (χ4n) is 1.77. The summed E-state index contributed by atoms with van der Waals surface area (Å²) in [7, 11) is 1.68. The highest BCUT2D eigenvalue weighted by Crippen LogP contribution is 2.33. The van der Waals surface area contributed by atoms with Gasteiger partial charge in [0.1, 0.15) is 0 Å². The van der Waals surface area contributed by atoms with Gasteiger partial charge in [-0.1, -0.05) is 6.92 Å². The molecule has 1 rings (SSSR count). The second kappa shape index (κ2) is 3.26. The van der Waals surface area contributed by atoms with Crippen LogP contribution in [0.1, 0.15) is 13.3 Å². The van der Waals surface area contributed by atoms with Gasteiger partial charge in [-0.15, -0.1) is 0 Å². The standard InChI is InChI=1S/C8H15F2NO/c1-6(4-12)7-3-8(9,10)5-11(7)2/h6-7,12H,3-5H2,1-2H3/t6?,7-/m0/s1. The van der Waals surface area contributed by atoms with Crippen LogP contribution in [0, 0.1) is 5.92 Å². The zero-order chi connectivity index (χ0) is 9.35. The van der Waals surface area contributed by atoms with Crippen molar-refractivity contribution in [1.82, 2.24) is 4.90 Å². The van der Waals surface area contributed by atoms with Gasteiger partial charge in [-0.3, -0.25) is 4.90 Å². The molecule has 2 nitrogen and oxygen atoms in total. The van der Waals surface area contributed by atoms with Crippen LogP contribution in [0.4, 0.5) is 8.78 Å². The van der Waals surface area contributed by atoms with E-state index in [9.17, 15) is 8.78 Å². The fraction of sp³-hybridized carbons (Fsp3) is 1.00. The summed E-state index contributed by atoms with van der Waals surface area (Å²) in [6.45, 7) is 1.59. The molecule has 0 aliphatic carbocycles. The van der Waals surface area contributed by atoms with Gasteiger partial charge in [0.05, 0.1) is 6.54 Å². The van der Waals surface area contributed by atoms with Crippen molar-refractivity contribution >= 4 is 0 Å². The lowest BCUT2D eigenvalue weighted by Gasteiger charge is -2.23. The quantitative estimate of drug-likeness (QED) is 0.682. The molecule has 4 heteroatoms. The Labute approximate surface area is 71.2 Å². The summed E-state index contributed by atoms with van der Waals surface area (Å²) < 4.78 is 25.6. The zero-order valence-electron chi connectivity index (χ0n) is 7.43. The molecule has 1 aliphatic heterocycles. The van der Waals surface area contributed by atoms with Crippen molar-refractivity contribution < 1.29 is 13.9 Å². The van der Waals surface area contributed by atoms with Crippen LogP contribution in [-0.2, 0) is 0 Å². The third-order valence-electron chi connectivity index (χ3n) is 2.50. The van der Waals surface area contributed by atoms with Gasteiger partial charge in [0, 0.05) is 19.1 Å². The normalized spacial score (nSPS) is 32.2. The largest absolute Gasteiger partial charge is 0.396 e. The minimum absolute atomic E-state index is 0.0227. The van der Waals surface area contributed by atoms with Crippen molar-refractivity contribution in [2.24, 2.45) is 5.92 Å². The van der Waals surface area contributed by atoms with Crippen LogP contribution < -0.4 is 0 Å². The second-order valence-electron chi connectivity index (χ2n) is 3.70. The fourth-order valence-corrected chi connectivity index (χ4v) is 1.77. The lowest BCUT2D eigenvalue weighted by Crippen LogP contribution is -2.32. The van der Waals surface area contributed by atoms with Gasteiger partial charge in [0.25, 0.3) is 5.92 Å². The molecule has 1 heterocycles. The predicted molar refractivity (Wildman–Crippen MR) is 42.2 cm³/mol. The molecule has 0 bridgehead atoms. The Balaban J connectivity index is 2.57. The first kappa shape index (κ1) is 9.86. The summed E-state index contributed by atoms with van der Waals surface area (Å²) >= 11 is 0. The summed E-state index contributed by atoms with van der Waals surface area (Å²) in [5.74, 6) is -2.63. The van der Waals surface area contributed by atoms with E-state index in [1.807, 2.05) is 0 Å². The van der Waals surface area contributed by atoms with Crippen LogP contribution in [0.25, 0.3) is 0 Å². The van der Waals surface area contributed by atoms with Crippen LogP contribution in [0.5, 0.6) is 0 Å². The third kappa shape index (κ3) is 1.93. The number of rotatable bonds is 2. The summed E-state index contributed by atoms with van der Waals surface area (Å²) in [6.07, 6.45) is -0.120. The molecule has 1 aliphatic rings. The minimum Gasteiger partial charge on any atom is -0.396 e. The van der Waals surface area contributed by atoms with E-state index in [-0.39, 0.29) is 31.5 Å². The van der Waals surface area contributed by atoms with E-state index in [1.54, 1.807) is 18.9 Å². The molecule has 2 atom stereocenters. The number of likely N-dealkylation sites (tertiary alicyclic amines) is 1. The molecule has 12 heavy (non-hydrogen) atoms. The van der Waals surface area contributed by atoms with Crippen molar-refractivity contribution in [3.8, 4) is 0 Å². The highest BCUT2D eigenvalue weighted by molar-refractivity contribution is 4.90. The molecule has 0 aromatic heterocycles. The van der Waals surface area contributed by atoms with E-state index >= 15 is 0 Å². The Kier molecular flexibility index (Phi) is 2.68. The highest BCUT2D eigenvalue weighted by Gasteiger charge is 2.44. The molecule has 72 valence electrons. The number of aliphatic hydroxyl groups excluding tert-OH is 1. The van der Waals surface area contributed by atoms with Gasteiger partial charge in [-0.2, -0.15) is 0 Å². The smallest absolute Gasteiger partial charge is 0.262 e. The molecule has 0 aromatic carbocycles. The maximum absolute atomic E-state index is 12.8. The summed E-state index contributed by atoms with van der Waals surface area (Å²) in [5, 5.41) is 8.81. The molecule has 0 spiro atoms.